The van der Waals surface area contributed by atoms with Gasteiger partial charge in [-0.05, 0) is 70.8 Å². The zero-order valence-corrected chi connectivity index (χ0v) is 19.8. The van der Waals surface area contributed by atoms with E-state index in [0.29, 0.717) is 21.3 Å². The van der Waals surface area contributed by atoms with E-state index < -0.39 is 6.04 Å². The number of rotatable bonds is 3. The summed E-state index contributed by atoms with van der Waals surface area (Å²) in [6.07, 6.45) is 3.97. The lowest BCUT2D eigenvalue weighted by Gasteiger charge is -2.28. The van der Waals surface area contributed by atoms with Gasteiger partial charge in [-0.15, -0.1) is 0 Å². The number of nitrogens with zero attached hydrogens (tertiary/aromatic N) is 2. The molecule has 1 aliphatic heterocycles. The van der Waals surface area contributed by atoms with E-state index in [1.54, 1.807) is 11.7 Å². The molecule has 1 atom stereocenters. The predicted octanol–water partition coefficient (Wildman–Crippen LogP) is 3.58. The van der Waals surface area contributed by atoms with Gasteiger partial charge in [-0.1, -0.05) is 41.7 Å². The smallest absolute Gasteiger partial charge is 0.271 e. The molecule has 156 valence electrons. The number of halogens is 1. The summed E-state index contributed by atoms with van der Waals surface area (Å²) in [7, 11) is 1.62. The van der Waals surface area contributed by atoms with Crippen LogP contribution < -0.4 is 19.6 Å². The highest BCUT2D eigenvalue weighted by Crippen LogP contribution is 2.36. The second-order valence-electron chi connectivity index (χ2n) is 7.51. The summed E-state index contributed by atoms with van der Waals surface area (Å²) >= 11 is 3.65. The zero-order chi connectivity index (χ0) is 21.5. The molecule has 0 amide bonds. The van der Waals surface area contributed by atoms with Gasteiger partial charge in [0.25, 0.3) is 5.56 Å². The van der Waals surface area contributed by atoms with Crippen LogP contribution in [-0.4, -0.2) is 17.5 Å². The maximum absolute atomic E-state index is 13.5. The van der Waals surface area contributed by atoms with Crippen molar-refractivity contribution in [2.24, 2.45) is 4.99 Å². The lowest BCUT2D eigenvalue weighted by Crippen LogP contribution is -2.40. The maximum Gasteiger partial charge on any atom is 0.271 e. The minimum absolute atomic E-state index is 0.0812. The van der Waals surface area contributed by atoms with Gasteiger partial charge >= 0.3 is 0 Å². The van der Waals surface area contributed by atoms with Gasteiger partial charge in [0, 0.05) is 15.6 Å². The second kappa shape index (κ2) is 8.20. The molecule has 2 aliphatic rings. The minimum atomic E-state index is -0.457. The summed E-state index contributed by atoms with van der Waals surface area (Å²) < 4.78 is 8.68. The second-order valence-corrected chi connectivity index (χ2v) is 9.69. The summed E-state index contributed by atoms with van der Waals surface area (Å²) in [4.78, 5) is 31.9. The van der Waals surface area contributed by atoms with Crippen molar-refractivity contribution in [2.75, 3.05) is 7.11 Å². The summed E-state index contributed by atoms with van der Waals surface area (Å²) in [6, 6.07) is 15.1. The first-order valence-corrected chi connectivity index (χ1v) is 11.9. The predicted molar refractivity (Wildman–Crippen MR) is 129 cm³/mol. The van der Waals surface area contributed by atoms with Gasteiger partial charge in [-0.3, -0.25) is 14.2 Å². The Bertz CT molecular complexity index is 1400. The van der Waals surface area contributed by atoms with E-state index in [4.69, 9.17) is 9.73 Å². The fourth-order valence-electron chi connectivity index (χ4n) is 4.15. The van der Waals surface area contributed by atoms with Crippen LogP contribution in [0.4, 0.5) is 0 Å². The molecule has 0 N–H and O–H groups in total. The number of hydrogen-bond donors (Lipinski definition) is 0. The molecule has 1 aliphatic carbocycles. The number of hydrogen-bond acceptors (Lipinski definition) is 5. The van der Waals surface area contributed by atoms with E-state index in [0.717, 1.165) is 39.0 Å². The van der Waals surface area contributed by atoms with Crippen LogP contribution in [0.2, 0.25) is 0 Å². The Morgan fingerprint density at radius 1 is 1.13 bits per heavy atom. The topological polar surface area (TPSA) is 60.7 Å². The van der Waals surface area contributed by atoms with Crippen molar-refractivity contribution in [2.45, 2.75) is 25.3 Å². The number of benzene rings is 2. The minimum Gasteiger partial charge on any atom is -0.497 e. The third kappa shape index (κ3) is 3.59. The van der Waals surface area contributed by atoms with Gasteiger partial charge in [0.2, 0.25) is 0 Å². The van der Waals surface area contributed by atoms with E-state index in [-0.39, 0.29) is 11.3 Å². The zero-order valence-electron chi connectivity index (χ0n) is 16.8. The lowest BCUT2D eigenvalue weighted by molar-refractivity contribution is -0.116. The van der Waals surface area contributed by atoms with Crippen molar-refractivity contribution >= 4 is 45.8 Å². The molecule has 0 radical (unpaired) electrons. The number of Topliss-reactive ketones (excluding diaryl/α,β-unsaturated/α-hetero) is 1. The number of allylic oxidation sites excluding steroid dienone is 2. The molecule has 5 nitrogen and oxygen atoms in total. The lowest BCUT2D eigenvalue weighted by atomic mass is 9.86. The summed E-state index contributed by atoms with van der Waals surface area (Å²) in [6.45, 7) is 0. The van der Waals surface area contributed by atoms with Crippen LogP contribution >= 0.6 is 33.9 Å². The molecule has 0 saturated heterocycles. The van der Waals surface area contributed by atoms with Crippen LogP contribution in [0.1, 0.15) is 36.4 Å². The largest absolute Gasteiger partial charge is 0.497 e. The van der Waals surface area contributed by atoms with Crippen LogP contribution in [0.3, 0.4) is 0 Å². The van der Waals surface area contributed by atoms with E-state index in [1.807, 2.05) is 54.6 Å². The Kier molecular flexibility index (Phi) is 5.39. The average molecular weight is 542 g/mol. The molecule has 1 unspecified atom stereocenters. The monoisotopic (exact) mass is 542 g/mol. The molecular weight excluding hydrogens is 523 g/mol. The molecule has 7 heteroatoms. The molecular formula is C24H19IN2O3S. The van der Waals surface area contributed by atoms with Gasteiger partial charge in [-0.2, -0.15) is 0 Å². The number of methoxy groups -OCH3 is 1. The Morgan fingerprint density at radius 3 is 2.65 bits per heavy atom. The summed E-state index contributed by atoms with van der Waals surface area (Å²) in [5, 5.41) is 0. The first-order valence-electron chi connectivity index (χ1n) is 10.0. The molecule has 3 aromatic rings. The van der Waals surface area contributed by atoms with Gasteiger partial charge in [0.05, 0.1) is 23.4 Å². The molecule has 0 fully saturated rings. The standard InChI is InChI=1S/C24H19IN2O3S/c1-30-16-11-9-14(10-12-16)22-21-18(7-4-8-19(21)28)26-24-27(22)23(29)20(31-24)13-15-5-2-3-6-17(15)25/h2-3,5-6,9-13,22H,4,7-8H2,1H3. The first kappa shape index (κ1) is 20.4. The highest BCUT2D eigenvalue weighted by molar-refractivity contribution is 14.1. The van der Waals surface area contributed by atoms with Crippen molar-refractivity contribution in [1.29, 1.82) is 0 Å². The van der Waals surface area contributed by atoms with E-state index in [1.165, 1.54) is 11.3 Å². The summed E-state index contributed by atoms with van der Waals surface area (Å²) in [5.74, 6) is 0.816. The highest BCUT2D eigenvalue weighted by atomic mass is 127. The van der Waals surface area contributed by atoms with Crippen LogP contribution in [0.25, 0.3) is 6.08 Å². The third-order valence-electron chi connectivity index (χ3n) is 5.65. The van der Waals surface area contributed by atoms with Crippen LogP contribution in [0.15, 0.2) is 69.6 Å². The highest BCUT2D eigenvalue weighted by Gasteiger charge is 2.34. The quantitative estimate of drug-likeness (QED) is 0.476. The van der Waals surface area contributed by atoms with Gasteiger partial charge < -0.3 is 4.74 Å². The molecule has 0 spiro atoms. The van der Waals surface area contributed by atoms with Crippen LogP contribution in [0, 0.1) is 3.57 Å². The van der Waals surface area contributed by atoms with Crippen molar-refractivity contribution in [1.82, 2.24) is 4.57 Å². The average Bonchev–Trinajstić information content (AvgIpc) is 3.09. The number of aromatic nitrogens is 1. The normalized spacial score (nSPS) is 18.5. The number of ketones is 1. The molecule has 0 bridgehead atoms. The SMILES string of the molecule is COc1ccc(C2C3=C(CCCC3=O)N=c3sc(=Cc4ccccc4I)c(=O)n32)cc1. The number of fused-ring (bicyclic) bond motifs is 1. The molecule has 1 aromatic heterocycles. The number of ether oxygens (including phenoxy) is 1. The van der Waals surface area contributed by atoms with Gasteiger partial charge in [0.1, 0.15) is 5.75 Å². The molecule has 2 aromatic carbocycles. The van der Waals surface area contributed by atoms with Crippen LogP contribution in [0.5, 0.6) is 5.75 Å². The molecule has 2 heterocycles. The summed E-state index contributed by atoms with van der Waals surface area (Å²) in [5.41, 5.74) is 3.24. The van der Waals surface area contributed by atoms with Gasteiger partial charge in [0.15, 0.2) is 10.6 Å². The van der Waals surface area contributed by atoms with Crippen LogP contribution in [-0.2, 0) is 4.79 Å². The van der Waals surface area contributed by atoms with Crippen molar-refractivity contribution < 1.29 is 9.53 Å². The van der Waals surface area contributed by atoms with E-state index in [9.17, 15) is 9.59 Å². The Labute approximate surface area is 196 Å². The number of carbonyl (C=O) groups excluding carboxylic acids is 1. The molecule has 5 rings (SSSR count). The third-order valence-corrected chi connectivity index (χ3v) is 7.62. The van der Waals surface area contributed by atoms with Crippen molar-refractivity contribution in [3.05, 3.63) is 94.2 Å². The van der Waals surface area contributed by atoms with E-state index in [2.05, 4.69) is 22.6 Å². The molecule has 0 saturated carbocycles. The Morgan fingerprint density at radius 2 is 1.90 bits per heavy atom. The van der Waals surface area contributed by atoms with E-state index >= 15 is 0 Å². The Balaban J connectivity index is 1.75. The first-order chi connectivity index (χ1) is 15.1. The van der Waals surface area contributed by atoms with Crippen molar-refractivity contribution in [3.63, 3.8) is 0 Å². The Hall–Kier alpha value is -2.52. The fraction of sp³-hybridized carbons (Fsp3) is 0.208. The molecule has 31 heavy (non-hydrogen) atoms. The van der Waals surface area contributed by atoms with Crippen molar-refractivity contribution in [3.8, 4) is 5.75 Å². The number of thiazole rings is 1. The maximum atomic E-state index is 13.5. The number of carbonyl (C=O) groups is 1. The van der Waals surface area contributed by atoms with Gasteiger partial charge in [-0.25, -0.2) is 4.99 Å². The fourth-order valence-corrected chi connectivity index (χ4v) is 5.70.